The van der Waals surface area contributed by atoms with Gasteiger partial charge in [0.2, 0.25) is 5.91 Å². The molecule has 1 N–H and O–H groups in total. The van der Waals surface area contributed by atoms with Crippen molar-refractivity contribution in [3.8, 4) is 0 Å². The molecule has 0 aliphatic carbocycles. The van der Waals surface area contributed by atoms with E-state index in [1.807, 2.05) is 6.92 Å². The Morgan fingerprint density at radius 1 is 1.50 bits per heavy atom. The summed E-state index contributed by atoms with van der Waals surface area (Å²) in [5.74, 6) is 0.764. The largest absolute Gasteiger partial charge is 0.386 e. The Bertz CT molecular complexity index is 202. The van der Waals surface area contributed by atoms with Gasteiger partial charge in [0.15, 0.2) is 0 Å². The normalized spacial score (nSPS) is 19.2. The summed E-state index contributed by atoms with van der Waals surface area (Å²) in [4.78, 5) is 13.2. The van der Waals surface area contributed by atoms with Gasteiger partial charge in [0, 0.05) is 12.3 Å². The molecule has 1 heterocycles. The molecule has 0 spiro atoms. The molecule has 1 fully saturated rings. The smallest absolute Gasteiger partial charge is 0.222 e. The SMILES string of the molecule is CCC1(O)CN(C(=O)CCCCCl)C1. The number of β-amino-alcohol motifs (C(OH)–C–C–N with tert-alkyl or cyclic N) is 1. The lowest BCUT2D eigenvalue weighted by Crippen LogP contribution is -2.63. The second kappa shape index (κ2) is 4.99. The molecule has 3 nitrogen and oxygen atoms in total. The standard InChI is InChI=1S/C10H18ClNO2/c1-2-10(14)7-12(8-10)9(13)5-3-4-6-11/h14H,2-8H2,1H3. The molecule has 0 bridgehead atoms. The van der Waals surface area contributed by atoms with Gasteiger partial charge in [-0.15, -0.1) is 11.6 Å². The molecule has 0 aromatic carbocycles. The van der Waals surface area contributed by atoms with E-state index in [4.69, 9.17) is 11.6 Å². The van der Waals surface area contributed by atoms with Crippen molar-refractivity contribution < 1.29 is 9.90 Å². The maximum absolute atomic E-state index is 11.5. The third kappa shape index (κ3) is 2.85. The number of hydrogen-bond donors (Lipinski definition) is 1. The van der Waals surface area contributed by atoms with Crippen LogP contribution in [0.15, 0.2) is 0 Å². The van der Waals surface area contributed by atoms with Crippen molar-refractivity contribution >= 4 is 17.5 Å². The van der Waals surface area contributed by atoms with Crippen LogP contribution in [0.2, 0.25) is 0 Å². The van der Waals surface area contributed by atoms with Gasteiger partial charge in [-0.3, -0.25) is 4.79 Å². The predicted octanol–water partition coefficient (Wildman–Crippen LogP) is 1.38. The molecule has 1 amide bonds. The molecule has 1 saturated heterocycles. The third-order valence-corrected chi connectivity index (χ3v) is 3.02. The third-order valence-electron chi connectivity index (χ3n) is 2.76. The summed E-state index contributed by atoms with van der Waals surface area (Å²) in [5, 5.41) is 9.69. The quantitative estimate of drug-likeness (QED) is 0.561. The molecule has 0 aromatic rings. The van der Waals surface area contributed by atoms with E-state index in [9.17, 15) is 9.90 Å². The maximum atomic E-state index is 11.5. The van der Waals surface area contributed by atoms with E-state index >= 15 is 0 Å². The summed E-state index contributed by atoms with van der Waals surface area (Å²) in [6.45, 7) is 2.95. The Kier molecular flexibility index (Phi) is 4.20. The summed E-state index contributed by atoms with van der Waals surface area (Å²) < 4.78 is 0. The minimum atomic E-state index is -0.609. The molecule has 0 radical (unpaired) electrons. The van der Waals surface area contributed by atoms with E-state index in [-0.39, 0.29) is 5.91 Å². The molecular weight excluding hydrogens is 202 g/mol. The number of carbonyl (C=O) groups is 1. The van der Waals surface area contributed by atoms with E-state index in [1.54, 1.807) is 4.90 Å². The van der Waals surface area contributed by atoms with Gasteiger partial charge in [-0.1, -0.05) is 6.92 Å². The first kappa shape index (κ1) is 11.8. The Labute approximate surface area is 90.0 Å². The van der Waals surface area contributed by atoms with E-state index in [0.717, 1.165) is 19.3 Å². The highest BCUT2D eigenvalue weighted by atomic mass is 35.5. The highest BCUT2D eigenvalue weighted by molar-refractivity contribution is 6.17. The summed E-state index contributed by atoms with van der Waals surface area (Å²) in [6, 6.07) is 0. The Hall–Kier alpha value is -0.280. The van der Waals surface area contributed by atoms with Crippen molar-refractivity contribution in [3.63, 3.8) is 0 Å². The fraction of sp³-hybridized carbons (Fsp3) is 0.900. The monoisotopic (exact) mass is 219 g/mol. The van der Waals surface area contributed by atoms with E-state index in [0.29, 0.717) is 25.4 Å². The summed E-state index contributed by atoms with van der Waals surface area (Å²) in [7, 11) is 0. The number of rotatable bonds is 5. The van der Waals surface area contributed by atoms with Crippen molar-refractivity contribution in [1.29, 1.82) is 0 Å². The minimum absolute atomic E-state index is 0.147. The van der Waals surface area contributed by atoms with Crippen LogP contribution in [0.25, 0.3) is 0 Å². The molecule has 0 unspecified atom stereocenters. The number of amides is 1. The number of likely N-dealkylation sites (tertiary alicyclic amines) is 1. The van der Waals surface area contributed by atoms with Gasteiger partial charge in [0.05, 0.1) is 18.7 Å². The lowest BCUT2D eigenvalue weighted by molar-refractivity contribution is -0.155. The molecular formula is C10H18ClNO2. The van der Waals surface area contributed by atoms with Gasteiger partial charge in [0.1, 0.15) is 0 Å². The first-order valence-electron chi connectivity index (χ1n) is 5.17. The zero-order valence-corrected chi connectivity index (χ0v) is 9.39. The van der Waals surface area contributed by atoms with Crippen molar-refractivity contribution in [1.82, 2.24) is 4.90 Å². The molecule has 0 atom stereocenters. The average Bonchev–Trinajstić information content (AvgIpc) is 2.13. The summed E-state index contributed by atoms with van der Waals surface area (Å²) in [6.07, 6.45) is 3.02. The number of hydrogen-bond acceptors (Lipinski definition) is 2. The molecule has 1 rings (SSSR count). The topological polar surface area (TPSA) is 40.5 Å². The Morgan fingerprint density at radius 3 is 2.64 bits per heavy atom. The molecule has 4 heteroatoms. The lowest BCUT2D eigenvalue weighted by atomic mass is 9.91. The van der Waals surface area contributed by atoms with Crippen LogP contribution in [0.4, 0.5) is 0 Å². The number of alkyl halides is 1. The fourth-order valence-corrected chi connectivity index (χ4v) is 1.78. The van der Waals surface area contributed by atoms with Gasteiger partial charge < -0.3 is 10.0 Å². The van der Waals surface area contributed by atoms with Crippen LogP contribution < -0.4 is 0 Å². The molecule has 14 heavy (non-hydrogen) atoms. The fourth-order valence-electron chi connectivity index (χ4n) is 1.59. The van der Waals surface area contributed by atoms with Crippen LogP contribution in [0, 0.1) is 0 Å². The zero-order chi connectivity index (χ0) is 10.6. The van der Waals surface area contributed by atoms with Crippen LogP contribution in [0.3, 0.4) is 0 Å². The highest BCUT2D eigenvalue weighted by Crippen LogP contribution is 2.24. The van der Waals surface area contributed by atoms with E-state index in [2.05, 4.69) is 0 Å². The van der Waals surface area contributed by atoms with Crippen LogP contribution in [0.1, 0.15) is 32.6 Å². The second-order valence-electron chi connectivity index (χ2n) is 3.97. The highest BCUT2D eigenvalue weighted by Gasteiger charge is 2.41. The van der Waals surface area contributed by atoms with Gasteiger partial charge >= 0.3 is 0 Å². The van der Waals surface area contributed by atoms with Crippen molar-refractivity contribution in [2.75, 3.05) is 19.0 Å². The molecule has 1 aliphatic rings. The molecule has 1 aliphatic heterocycles. The number of aliphatic hydroxyl groups is 1. The summed E-state index contributed by atoms with van der Waals surface area (Å²) in [5.41, 5.74) is -0.609. The number of unbranched alkanes of at least 4 members (excludes halogenated alkanes) is 1. The number of nitrogens with zero attached hydrogens (tertiary/aromatic N) is 1. The van der Waals surface area contributed by atoms with Crippen LogP contribution in [0.5, 0.6) is 0 Å². The molecule has 82 valence electrons. The zero-order valence-electron chi connectivity index (χ0n) is 8.63. The van der Waals surface area contributed by atoms with Gasteiger partial charge in [0.25, 0.3) is 0 Å². The Balaban J connectivity index is 2.16. The number of carbonyl (C=O) groups excluding carboxylic acids is 1. The lowest BCUT2D eigenvalue weighted by Gasteiger charge is -2.46. The first-order chi connectivity index (χ1) is 6.61. The van der Waals surface area contributed by atoms with Gasteiger partial charge in [-0.05, 0) is 19.3 Å². The van der Waals surface area contributed by atoms with Gasteiger partial charge in [-0.25, -0.2) is 0 Å². The van der Waals surface area contributed by atoms with E-state index < -0.39 is 5.60 Å². The van der Waals surface area contributed by atoms with Gasteiger partial charge in [-0.2, -0.15) is 0 Å². The van der Waals surface area contributed by atoms with Crippen molar-refractivity contribution in [2.45, 2.75) is 38.2 Å². The van der Waals surface area contributed by atoms with Crippen molar-refractivity contribution in [3.05, 3.63) is 0 Å². The van der Waals surface area contributed by atoms with E-state index in [1.165, 1.54) is 0 Å². The number of halogens is 1. The minimum Gasteiger partial charge on any atom is -0.386 e. The van der Waals surface area contributed by atoms with Crippen LogP contribution in [-0.4, -0.2) is 40.5 Å². The van der Waals surface area contributed by atoms with Crippen molar-refractivity contribution in [2.24, 2.45) is 0 Å². The van der Waals surface area contributed by atoms with Crippen LogP contribution in [-0.2, 0) is 4.79 Å². The van der Waals surface area contributed by atoms with Crippen LogP contribution >= 0.6 is 11.6 Å². The molecule has 0 aromatic heterocycles. The predicted molar refractivity (Wildman–Crippen MR) is 56.4 cm³/mol. The Morgan fingerprint density at radius 2 is 2.14 bits per heavy atom. The molecule has 0 saturated carbocycles. The first-order valence-corrected chi connectivity index (χ1v) is 5.71. The second-order valence-corrected chi connectivity index (χ2v) is 4.35. The summed E-state index contributed by atoms with van der Waals surface area (Å²) >= 11 is 5.52. The maximum Gasteiger partial charge on any atom is 0.222 e. The average molecular weight is 220 g/mol.